The van der Waals surface area contributed by atoms with Crippen molar-refractivity contribution in [3.8, 4) is 28.3 Å². The Hall–Kier alpha value is -7.44. The zero-order valence-electron chi connectivity index (χ0n) is 33.3. The van der Waals surface area contributed by atoms with Gasteiger partial charge in [-0.2, -0.15) is 0 Å². The first kappa shape index (κ1) is 42.2. The number of ether oxygens (including phenoxy) is 3. The van der Waals surface area contributed by atoms with E-state index in [1.54, 1.807) is 6.07 Å². The predicted octanol–water partition coefficient (Wildman–Crippen LogP) is 7.75. The Morgan fingerprint density at radius 2 is 0.950 bits per heavy atom. The zero-order chi connectivity index (χ0) is 41.9. The fraction of sp³-hybridized carbons (Fsp3) is 0.167. The number of carbonyl (C=O) groups excluding carboxylic acids is 2. The molecule has 0 spiro atoms. The summed E-state index contributed by atoms with van der Waals surface area (Å²) in [6.07, 6.45) is 3.91. The van der Waals surface area contributed by atoms with Gasteiger partial charge in [0.05, 0.1) is 32.2 Å². The summed E-state index contributed by atoms with van der Waals surface area (Å²) in [7, 11) is 2.76. The van der Waals surface area contributed by atoms with Crippen LogP contribution in [0.1, 0.15) is 22.3 Å². The van der Waals surface area contributed by atoms with Gasteiger partial charge in [0.2, 0.25) is 0 Å². The van der Waals surface area contributed by atoms with E-state index < -0.39 is 12.1 Å². The highest BCUT2D eigenvalue weighted by Crippen LogP contribution is 2.23. The van der Waals surface area contributed by atoms with Crippen LogP contribution in [0.5, 0.6) is 5.75 Å². The third kappa shape index (κ3) is 12.5. The number of nitrogens with one attached hydrogen (secondary N) is 2. The first-order valence-corrected chi connectivity index (χ1v) is 19.3. The summed E-state index contributed by atoms with van der Waals surface area (Å²) in [6.45, 7) is 0.484. The fourth-order valence-electron chi connectivity index (χ4n) is 6.15. The average molecular weight is 803 g/mol. The van der Waals surface area contributed by atoms with E-state index in [2.05, 4.69) is 30.6 Å². The Bertz CT molecular complexity index is 2390. The summed E-state index contributed by atoms with van der Waals surface area (Å²) in [5.41, 5.74) is 7.27. The molecular weight excluding hydrogens is 757 g/mol. The number of nitrogens with zero attached hydrogens (tertiary/aromatic N) is 4. The van der Waals surface area contributed by atoms with Gasteiger partial charge in [-0.3, -0.25) is 0 Å². The molecule has 5 aromatic carbocycles. The van der Waals surface area contributed by atoms with E-state index in [0.717, 1.165) is 50.5 Å². The fourth-order valence-corrected chi connectivity index (χ4v) is 6.15. The molecule has 12 heteroatoms. The molecular formula is C48H46N6O6. The van der Waals surface area contributed by atoms with E-state index in [0.29, 0.717) is 31.1 Å². The van der Waals surface area contributed by atoms with Gasteiger partial charge in [0.1, 0.15) is 48.7 Å². The molecule has 0 aliphatic heterocycles. The molecule has 7 aromatic rings. The van der Waals surface area contributed by atoms with Gasteiger partial charge in [0.15, 0.2) is 0 Å². The van der Waals surface area contributed by atoms with Gasteiger partial charge >= 0.3 is 11.9 Å². The zero-order valence-corrected chi connectivity index (χ0v) is 33.3. The Morgan fingerprint density at radius 3 is 1.37 bits per heavy atom. The molecule has 0 bridgehead atoms. The number of rotatable bonds is 16. The number of methoxy groups -OCH3 is 2. The van der Waals surface area contributed by atoms with E-state index >= 15 is 0 Å². The van der Waals surface area contributed by atoms with Crippen LogP contribution in [0.2, 0.25) is 0 Å². The van der Waals surface area contributed by atoms with Crippen molar-refractivity contribution in [2.45, 2.75) is 38.1 Å². The highest BCUT2D eigenvalue weighted by atomic mass is 16.5. The van der Waals surface area contributed by atoms with Crippen LogP contribution in [-0.2, 0) is 45.1 Å². The molecule has 0 amide bonds. The van der Waals surface area contributed by atoms with Crippen molar-refractivity contribution in [3.05, 3.63) is 187 Å². The molecule has 0 aliphatic carbocycles. The number of benzene rings is 5. The van der Waals surface area contributed by atoms with Gasteiger partial charge in [-0.25, -0.2) is 29.5 Å². The van der Waals surface area contributed by atoms with Crippen molar-refractivity contribution in [3.63, 3.8) is 0 Å². The molecule has 0 aliphatic rings. The Kier molecular flexibility index (Phi) is 15.4. The smallest absolute Gasteiger partial charge is 0.328 e. The molecule has 12 nitrogen and oxygen atoms in total. The summed E-state index contributed by atoms with van der Waals surface area (Å²) in [4.78, 5) is 41.7. The number of aromatic nitrogens is 4. The maximum absolute atomic E-state index is 12.3. The lowest BCUT2D eigenvalue weighted by Crippen LogP contribution is -2.33. The topological polar surface area (TPSA) is 158 Å². The minimum Gasteiger partial charge on any atom is -0.489 e. The molecule has 0 radical (unpaired) electrons. The summed E-state index contributed by atoms with van der Waals surface area (Å²) >= 11 is 0. The number of para-hydroxylation sites is 1. The van der Waals surface area contributed by atoms with E-state index in [-0.39, 0.29) is 18.5 Å². The number of hydrogen-bond donors (Lipinski definition) is 3. The molecule has 7 rings (SSSR count). The van der Waals surface area contributed by atoms with Crippen LogP contribution in [-0.4, -0.2) is 63.3 Å². The van der Waals surface area contributed by atoms with Crippen molar-refractivity contribution < 1.29 is 28.9 Å². The molecule has 2 aromatic heterocycles. The number of aliphatic hydroxyl groups is 1. The summed E-state index contributed by atoms with van der Waals surface area (Å²) in [6, 6.07) is 47.2. The van der Waals surface area contributed by atoms with Crippen LogP contribution in [0.3, 0.4) is 0 Å². The van der Waals surface area contributed by atoms with Crippen LogP contribution >= 0.6 is 0 Å². The van der Waals surface area contributed by atoms with Crippen LogP contribution in [0.25, 0.3) is 22.5 Å². The van der Waals surface area contributed by atoms with Gasteiger partial charge in [0, 0.05) is 36.1 Å². The number of anilines is 2. The highest BCUT2D eigenvalue weighted by molar-refractivity contribution is 5.80. The van der Waals surface area contributed by atoms with Crippen LogP contribution < -0.4 is 15.4 Å². The van der Waals surface area contributed by atoms with Crippen LogP contribution in [0, 0.1) is 0 Å². The maximum atomic E-state index is 12.3. The van der Waals surface area contributed by atoms with Crippen molar-refractivity contribution in [1.29, 1.82) is 0 Å². The monoisotopic (exact) mass is 802 g/mol. The van der Waals surface area contributed by atoms with E-state index in [4.69, 9.17) is 19.3 Å². The number of carbonyl (C=O) groups is 2. The van der Waals surface area contributed by atoms with Crippen LogP contribution in [0.15, 0.2) is 164 Å². The second kappa shape index (κ2) is 21.9. The Balaban J connectivity index is 0.000000205. The second-order valence-corrected chi connectivity index (χ2v) is 13.6. The average Bonchev–Trinajstić information content (AvgIpc) is 3.31. The lowest BCUT2D eigenvalue weighted by molar-refractivity contribution is -0.142. The molecule has 3 N–H and O–H groups in total. The Labute approximate surface area is 349 Å². The normalized spacial score (nSPS) is 11.5. The quantitative estimate of drug-likeness (QED) is 0.0818. The summed E-state index contributed by atoms with van der Waals surface area (Å²) in [5.74, 6) is 1.23. The number of hydrogen-bond acceptors (Lipinski definition) is 12. The minimum absolute atomic E-state index is 0.00282. The summed E-state index contributed by atoms with van der Waals surface area (Å²) < 4.78 is 15.7. The molecule has 0 saturated carbocycles. The first-order valence-electron chi connectivity index (χ1n) is 19.3. The maximum Gasteiger partial charge on any atom is 0.328 e. The largest absolute Gasteiger partial charge is 0.489 e. The highest BCUT2D eigenvalue weighted by Gasteiger charge is 2.22. The van der Waals surface area contributed by atoms with Crippen molar-refractivity contribution >= 4 is 23.6 Å². The standard InChI is InChI=1S/C27H25N3O3.C21H21N3O3/c1-32-27(31)25(16-20-8-4-2-5-9-20)30-26-17-24(28-19-29-26)22-14-12-21(13-15-22)18-33-23-10-6-3-7-11-23;1-27-21(26)19(11-15-5-3-2-4-6-15)24-20-12-18(22-14-23-20)17-9-7-16(13-25)8-10-17/h2-15,17,19,25H,16,18H2,1H3,(H,28,29,30);2-10,12,14,19,25H,11,13H2,1H3,(H,22,23,24). The SMILES string of the molecule is COC(=O)C(Cc1ccccc1)Nc1cc(-c2ccc(CO)cc2)ncn1.COC(=O)C(Cc1ccccc1)Nc1cc(-c2ccc(COc3ccccc3)cc2)ncn1. The lowest BCUT2D eigenvalue weighted by Gasteiger charge is -2.17. The minimum atomic E-state index is -0.558. The molecule has 0 fully saturated rings. The van der Waals surface area contributed by atoms with Crippen LogP contribution in [0.4, 0.5) is 11.6 Å². The molecule has 2 atom stereocenters. The molecule has 2 heterocycles. The number of esters is 2. The van der Waals surface area contributed by atoms with Crippen molar-refractivity contribution in [1.82, 2.24) is 19.9 Å². The third-order valence-corrected chi connectivity index (χ3v) is 9.35. The Morgan fingerprint density at radius 1 is 0.533 bits per heavy atom. The molecule has 304 valence electrons. The summed E-state index contributed by atoms with van der Waals surface area (Å²) in [5, 5.41) is 15.5. The molecule has 60 heavy (non-hydrogen) atoms. The van der Waals surface area contributed by atoms with Gasteiger partial charge in [-0.1, -0.05) is 127 Å². The molecule has 0 saturated heterocycles. The predicted molar refractivity (Wildman–Crippen MR) is 231 cm³/mol. The lowest BCUT2D eigenvalue weighted by atomic mass is 10.1. The van der Waals surface area contributed by atoms with Gasteiger partial charge in [0.25, 0.3) is 0 Å². The van der Waals surface area contributed by atoms with Gasteiger partial charge in [-0.05, 0) is 34.4 Å². The van der Waals surface area contributed by atoms with E-state index in [1.807, 2.05) is 146 Å². The number of aliphatic hydroxyl groups excluding tert-OH is 1. The second-order valence-electron chi connectivity index (χ2n) is 13.6. The molecule has 2 unspecified atom stereocenters. The van der Waals surface area contributed by atoms with Crippen molar-refractivity contribution in [2.75, 3.05) is 24.9 Å². The van der Waals surface area contributed by atoms with Gasteiger partial charge < -0.3 is 30.0 Å². The van der Waals surface area contributed by atoms with E-state index in [9.17, 15) is 9.59 Å². The first-order chi connectivity index (χ1) is 29.4. The third-order valence-electron chi connectivity index (χ3n) is 9.35. The van der Waals surface area contributed by atoms with Crippen molar-refractivity contribution in [2.24, 2.45) is 0 Å². The van der Waals surface area contributed by atoms with Gasteiger partial charge in [-0.15, -0.1) is 0 Å². The van der Waals surface area contributed by atoms with E-state index in [1.165, 1.54) is 26.9 Å².